The molecule has 5 heteroatoms. The monoisotopic (exact) mass is 312 g/mol. The molecular weight excluding hydrogens is 292 g/mol. The highest BCUT2D eigenvalue weighted by Crippen LogP contribution is 2.12. The molecule has 23 heavy (non-hydrogen) atoms. The van der Waals surface area contributed by atoms with Crippen LogP contribution in [0.25, 0.3) is 0 Å². The van der Waals surface area contributed by atoms with Crippen LogP contribution in [-0.4, -0.2) is 25.4 Å². The van der Waals surface area contributed by atoms with Crippen molar-refractivity contribution in [2.75, 3.05) is 18.6 Å². The number of hydrogen-bond acceptors (Lipinski definition) is 5. The Kier molecular flexibility index (Phi) is 6.65. The smallest absolute Gasteiger partial charge is 0.309 e. The fourth-order valence-corrected chi connectivity index (χ4v) is 1.83. The molecule has 1 N–H and O–H groups in total. The molecule has 0 aliphatic carbocycles. The summed E-state index contributed by atoms with van der Waals surface area (Å²) in [6.07, 6.45) is 1.98. The minimum atomic E-state index is -0.247. The molecule has 0 heterocycles. The Morgan fingerprint density at radius 2 is 1.87 bits per heavy atom. The summed E-state index contributed by atoms with van der Waals surface area (Å²) >= 11 is 0. The maximum Gasteiger partial charge on any atom is 0.309 e. The van der Waals surface area contributed by atoms with Gasteiger partial charge in [-0.1, -0.05) is 18.2 Å². The number of carbonyl (C=O) groups excluding carboxylic acids is 1. The van der Waals surface area contributed by atoms with Crippen LogP contribution in [0.5, 0.6) is 5.75 Å². The van der Waals surface area contributed by atoms with E-state index in [0.717, 1.165) is 11.3 Å². The molecule has 2 aromatic rings. The fraction of sp³-hybridized carbons (Fsp3) is 0.222. The highest BCUT2D eigenvalue weighted by molar-refractivity contribution is 5.80. The zero-order valence-electron chi connectivity index (χ0n) is 13.1. The number of ether oxygens (including phenoxy) is 2. The van der Waals surface area contributed by atoms with Crippen LogP contribution < -0.4 is 10.2 Å². The van der Waals surface area contributed by atoms with E-state index in [1.807, 2.05) is 54.6 Å². The average molecular weight is 312 g/mol. The molecule has 0 saturated carbocycles. The molecule has 120 valence electrons. The Labute approximate surface area is 135 Å². The third-order valence-corrected chi connectivity index (χ3v) is 2.94. The number of benzene rings is 2. The Balaban J connectivity index is 1.77. The molecule has 2 rings (SSSR count). The van der Waals surface area contributed by atoms with Gasteiger partial charge < -0.3 is 9.47 Å². The van der Waals surface area contributed by atoms with Gasteiger partial charge in [-0.05, 0) is 48.9 Å². The number of carbonyl (C=O) groups is 1. The van der Waals surface area contributed by atoms with Crippen molar-refractivity contribution in [1.29, 1.82) is 0 Å². The third-order valence-electron chi connectivity index (χ3n) is 2.94. The second kappa shape index (κ2) is 9.25. The molecule has 5 nitrogen and oxygen atoms in total. The van der Waals surface area contributed by atoms with Gasteiger partial charge in [0.1, 0.15) is 5.75 Å². The van der Waals surface area contributed by atoms with Crippen molar-refractivity contribution in [2.45, 2.75) is 13.3 Å². The first kappa shape index (κ1) is 16.5. The summed E-state index contributed by atoms with van der Waals surface area (Å²) in [5.74, 6) is 0.464. The minimum absolute atomic E-state index is 0.247. The lowest BCUT2D eigenvalue weighted by Crippen LogP contribution is -2.09. The fourth-order valence-electron chi connectivity index (χ4n) is 1.83. The summed E-state index contributed by atoms with van der Waals surface area (Å²) in [6.45, 7) is 2.48. The Bertz CT molecular complexity index is 624. The topological polar surface area (TPSA) is 59.9 Å². The van der Waals surface area contributed by atoms with Crippen LogP contribution in [0.2, 0.25) is 0 Å². The average Bonchev–Trinajstić information content (AvgIpc) is 2.57. The summed E-state index contributed by atoms with van der Waals surface area (Å²) < 4.78 is 10.3. The molecule has 0 amide bonds. The van der Waals surface area contributed by atoms with Crippen molar-refractivity contribution in [3.8, 4) is 5.75 Å². The summed E-state index contributed by atoms with van der Waals surface area (Å²) in [7, 11) is 0. The second-order valence-electron chi connectivity index (χ2n) is 4.71. The first-order valence-corrected chi connectivity index (χ1v) is 7.50. The maximum absolute atomic E-state index is 11.2. The number of hydrogen-bond donors (Lipinski definition) is 1. The van der Waals surface area contributed by atoms with Crippen LogP contribution in [0.1, 0.15) is 18.9 Å². The van der Waals surface area contributed by atoms with Crippen molar-refractivity contribution in [3.63, 3.8) is 0 Å². The number of nitrogens with zero attached hydrogens (tertiary/aromatic N) is 1. The molecule has 0 radical (unpaired) electrons. The molecule has 0 spiro atoms. The number of para-hydroxylation sites is 1. The molecule has 0 saturated heterocycles. The second-order valence-corrected chi connectivity index (χ2v) is 4.71. The lowest BCUT2D eigenvalue weighted by molar-refractivity contribution is -0.143. The molecule has 0 unspecified atom stereocenters. The number of esters is 1. The van der Waals surface area contributed by atoms with Crippen molar-refractivity contribution < 1.29 is 14.3 Å². The largest absolute Gasteiger partial charge is 0.493 e. The molecule has 0 aromatic heterocycles. The summed E-state index contributed by atoms with van der Waals surface area (Å²) in [5.41, 5.74) is 4.84. The van der Waals surface area contributed by atoms with E-state index >= 15 is 0 Å². The predicted octanol–water partition coefficient (Wildman–Crippen LogP) is 3.46. The van der Waals surface area contributed by atoms with E-state index < -0.39 is 0 Å². The van der Waals surface area contributed by atoms with Gasteiger partial charge in [0.05, 0.1) is 31.5 Å². The van der Waals surface area contributed by atoms with E-state index in [-0.39, 0.29) is 12.4 Å². The van der Waals surface area contributed by atoms with Gasteiger partial charge in [0.2, 0.25) is 0 Å². The van der Waals surface area contributed by atoms with Gasteiger partial charge in [0, 0.05) is 0 Å². The molecule has 0 aliphatic heterocycles. The van der Waals surface area contributed by atoms with E-state index in [1.54, 1.807) is 13.1 Å². The quantitative estimate of drug-likeness (QED) is 0.461. The molecule has 0 fully saturated rings. The summed E-state index contributed by atoms with van der Waals surface area (Å²) in [6, 6.07) is 17.2. The van der Waals surface area contributed by atoms with Crippen LogP contribution in [0.3, 0.4) is 0 Å². The lowest BCUT2D eigenvalue weighted by atomic mass is 10.2. The Morgan fingerprint density at radius 3 is 2.57 bits per heavy atom. The van der Waals surface area contributed by atoms with Crippen molar-refractivity contribution in [3.05, 3.63) is 60.2 Å². The van der Waals surface area contributed by atoms with Crippen LogP contribution in [0, 0.1) is 0 Å². The molecule has 0 bridgehead atoms. The van der Waals surface area contributed by atoms with Crippen LogP contribution >= 0.6 is 0 Å². The molecule has 2 aromatic carbocycles. The Hall–Kier alpha value is -2.82. The SMILES string of the molecule is CCOC(=O)CCOc1ccc(C=NNc2ccccc2)cc1. The predicted molar refractivity (Wildman–Crippen MR) is 90.8 cm³/mol. The van der Waals surface area contributed by atoms with Crippen LogP contribution in [0.15, 0.2) is 59.7 Å². The summed E-state index contributed by atoms with van der Waals surface area (Å²) in [5, 5.41) is 4.17. The van der Waals surface area contributed by atoms with Gasteiger partial charge in [-0.25, -0.2) is 0 Å². The van der Waals surface area contributed by atoms with Gasteiger partial charge in [-0.15, -0.1) is 0 Å². The Morgan fingerprint density at radius 1 is 1.13 bits per heavy atom. The van der Waals surface area contributed by atoms with E-state index in [1.165, 1.54) is 0 Å². The third kappa shape index (κ3) is 6.22. The highest BCUT2D eigenvalue weighted by Gasteiger charge is 2.01. The first-order valence-electron chi connectivity index (χ1n) is 7.50. The van der Waals surface area contributed by atoms with Gasteiger partial charge in [0.15, 0.2) is 0 Å². The highest BCUT2D eigenvalue weighted by atomic mass is 16.5. The normalized spacial score (nSPS) is 10.5. The van der Waals surface area contributed by atoms with Gasteiger partial charge in [-0.3, -0.25) is 10.2 Å². The zero-order chi connectivity index (χ0) is 16.3. The number of anilines is 1. The van der Waals surface area contributed by atoms with E-state index in [0.29, 0.717) is 19.0 Å². The lowest BCUT2D eigenvalue weighted by Gasteiger charge is -2.06. The van der Waals surface area contributed by atoms with Crippen molar-refractivity contribution in [1.82, 2.24) is 0 Å². The number of hydrazone groups is 1. The molecule has 0 atom stereocenters. The van der Waals surface area contributed by atoms with Gasteiger partial charge >= 0.3 is 5.97 Å². The molecular formula is C18H20N2O3. The van der Waals surface area contributed by atoms with E-state index in [9.17, 15) is 4.79 Å². The van der Waals surface area contributed by atoms with Crippen molar-refractivity contribution in [2.24, 2.45) is 5.10 Å². The van der Waals surface area contributed by atoms with Crippen LogP contribution in [0.4, 0.5) is 5.69 Å². The minimum Gasteiger partial charge on any atom is -0.493 e. The zero-order valence-corrected chi connectivity index (χ0v) is 13.1. The standard InChI is InChI=1S/C18H20N2O3/c1-2-22-18(21)12-13-23-17-10-8-15(9-11-17)14-19-20-16-6-4-3-5-7-16/h3-11,14,20H,2,12-13H2,1H3. The molecule has 0 aliphatic rings. The van der Waals surface area contributed by atoms with Crippen molar-refractivity contribution >= 4 is 17.9 Å². The van der Waals surface area contributed by atoms with E-state index in [2.05, 4.69) is 10.5 Å². The first-order chi connectivity index (χ1) is 11.3. The van der Waals surface area contributed by atoms with Gasteiger partial charge in [0.25, 0.3) is 0 Å². The number of nitrogens with one attached hydrogen (secondary N) is 1. The van der Waals surface area contributed by atoms with E-state index in [4.69, 9.17) is 9.47 Å². The van der Waals surface area contributed by atoms with Gasteiger partial charge in [-0.2, -0.15) is 5.10 Å². The number of rotatable bonds is 8. The summed E-state index contributed by atoms with van der Waals surface area (Å²) in [4.78, 5) is 11.2. The maximum atomic E-state index is 11.2. The van der Waals surface area contributed by atoms with Crippen LogP contribution in [-0.2, 0) is 9.53 Å².